The minimum absolute atomic E-state index is 0.226. The highest BCUT2D eigenvalue weighted by atomic mass is 35.5. The SMILES string of the molecule is O=S(=O)(F)C1(Cl)CC12CCOCC2. The average Bonchev–Trinajstić information content (AvgIpc) is 2.58. The molecule has 3 nitrogen and oxygen atoms in total. The van der Waals surface area contributed by atoms with Gasteiger partial charge in [-0.05, 0) is 19.3 Å². The summed E-state index contributed by atoms with van der Waals surface area (Å²) < 4.78 is 37.7. The second-order valence-electron chi connectivity index (χ2n) is 3.74. The fourth-order valence-corrected chi connectivity index (χ4v) is 3.66. The highest BCUT2D eigenvalue weighted by Crippen LogP contribution is 2.69. The Balaban J connectivity index is 2.23. The van der Waals surface area contributed by atoms with Gasteiger partial charge in [0, 0.05) is 18.6 Å². The lowest BCUT2D eigenvalue weighted by molar-refractivity contribution is 0.0567. The Bertz CT molecular complexity index is 323. The summed E-state index contributed by atoms with van der Waals surface area (Å²) in [5.74, 6) is 0. The van der Waals surface area contributed by atoms with E-state index in [9.17, 15) is 12.3 Å². The summed E-state index contributed by atoms with van der Waals surface area (Å²) in [6, 6.07) is 0. The Kier molecular flexibility index (Phi) is 1.92. The number of hydrogen-bond donors (Lipinski definition) is 0. The van der Waals surface area contributed by atoms with Crippen LogP contribution in [0.1, 0.15) is 19.3 Å². The molecule has 1 saturated heterocycles. The molecule has 0 radical (unpaired) electrons. The van der Waals surface area contributed by atoms with Crippen molar-refractivity contribution < 1.29 is 17.0 Å². The summed E-state index contributed by atoms with van der Waals surface area (Å²) in [5, 5.41) is 0. The lowest BCUT2D eigenvalue weighted by Gasteiger charge is -2.23. The first-order valence-corrected chi connectivity index (χ1v) is 5.88. The number of halogens is 2. The van der Waals surface area contributed by atoms with Gasteiger partial charge >= 0.3 is 10.2 Å². The minimum Gasteiger partial charge on any atom is -0.381 e. The molecule has 1 atom stereocenters. The van der Waals surface area contributed by atoms with Crippen LogP contribution in [0.4, 0.5) is 3.89 Å². The summed E-state index contributed by atoms with van der Waals surface area (Å²) in [7, 11) is -4.63. The first kappa shape index (κ1) is 9.68. The lowest BCUT2D eigenvalue weighted by Crippen LogP contribution is -2.27. The molecule has 0 aromatic rings. The summed E-state index contributed by atoms with van der Waals surface area (Å²) in [5.41, 5.74) is -0.555. The molecule has 1 heterocycles. The zero-order valence-corrected chi connectivity index (χ0v) is 8.50. The third-order valence-electron chi connectivity index (χ3n) is 3.07. The van der Waals surface area contributed by atoms with Crippen LogP contribution in [0, 0.1) is 5.41 Å². The zero-order valence-electron chi connectivity index (χ0n) is 6.92. The molecule has 0 amide bonds. The van der Waals surface area contributed by atoms with E-state index in [1.54, 1.807) is 0 Å². The van der Waals surface area contributed by atoms with E-state index < -0.39 is 19.8 Å². The Morgan fingerprint density at radius 3 is 2.23 bits per heavy atom. The van der Waals surface area contributed by atoms with Gasteiger partial charge in [-0.15, -0.1) is 3.89 Å². The molecule has 2 rings (SSSR count). The number of rotatable bonds is 1. The number of alkyl halides is 1. The van der Waals surface area contributed by atoms with E-state index in [1.165, 1.54) is 0 Å². The van der Waals surface area contributed by atoms with Crippen LogP contribution >= 0.6 is 11.6 Å². The van der Waals surface area contributed by atoms with E-state index in [4.69, 9.17) is 16.3 Å². The highest BCUT2D eigenvalue weighted by molar-refractivity contribution is 7.89. The van der Waals surface area contributed by atoms with Gasteiger partial charge in [0.25, 0.3) is 0 Å². The van der Waals surface area contributed by atoms with E-state index >= 15 is 0 Å². The topological polar surface area (TPSA) is 43.4 Å². The normalized spacial score (nSPS) is 37.7. The van der Waals surface area contributed by atoms with Crippen molar-refractivity contribution in [3.63, 3.8) is 0 Å². The molecule has 2 fully saturated rings. The number of ether oxygens (including phenoxy) is 1. The van der Waals surface area contributed by atoms with Crippen LogP contribution in [0.25, 0.3) is 0 Å². The maximum Gasteiger partial charge on any atom is 0.322 e. The fraction of sp³-hybridized carbons (Fsp3) is 1.00. The molecule has 13 heavy (non-hydrogen) atoms. The van der Waals surface area contributed by atoms with Crippen molar-refractivity contribution in [3.05, 3.63) is 0 Å². The molecule has 76 valence electrons. The first-order valence-electron chi connectivity index (χ1n) is 4.12. The van der Waals surface area contributed by atoms with Crippen LogP contribution in [0.3, 0.4) is 0 Å². The Morgan fingerprint density at radius 1 is 1.31 bits per heavy atom. The van der Waals surface area contributed by atoms with Crippen molar-refractivity contribution in [2.45, 2.75) is 23.5 Å². The largest absolute Gasteiger partial charge is 0.381 e. The van der Waals surface area contributed by atoms with E-state index in [-0.39, 0.29) is 6.42 Å². The van der Waals surface area contributed by atoms with Crippen LogP contribution in [-0.4, -0.2) is 25.8 Å². The molecule has 1 aliphatic carbocycles. The zero-order chi connectivity index (χ0) is 9.74. The van der Waals surface area contributed by atoms with Crippen molar-refractivity contribution in [1.29, 1.82) is 0 Å². The molecule has 0 N–H and O–H groups in total. The van der Waals surface area contributed by atoms with Crippen molar-refractivity contribution >= 4 is 21.8 Å². The van der Waals surface area contributed by atoms with Crippen molar-refractivity contribution in [2.24, 2.45) is 5.41 Å². The highest BCUT2D eigenvalue weighted by Gasteiger charge is 2.74. The van der Waals surface area contributed by atoms with Gasteiger partial charge in [0.1, 0.15) is 0 Å². The van der Waals surface area contributed by atoms with Crippen LogP contribution in [0.5, 0.6) is 0 Å². The maximum absolute atomic E-state index is 12.8. The van der Waals surface area contributed by atoms with Gasteiger partial charge < -0.3 is 4.74 Å². The first-order chi connectivity index (χ1) is 5.91. The summed E-state index contributed by atoms with van der Waals surface area (Å²) in [6.07, 6.45) is 1.31. The van der Waals surface area contributed by atoms with Gasteiger partial charge in [0.05, 0.1) is 0 Å². The van der Waals surface area contributed by atoms with Crippen LogP contribution < -0.4 is 0 Å². The molecule has 1 saturated carbocycles. The molecule has 0 aromatic heterocycles. The molecular formula is C7H10ClFO3S. The third-order valence-corrected chi connectivity index (χ3v) is 5.51. The van der Waals surface area contributed by atoms with E-state index in [2.05, 4.69) is 0 Å². The quantitative estimate of drug-likeness (QED) is 0.504. The molecule has 1 unspecified atom stereocenters. The predicted molar refractivity (Wildman–Crippen MR) is 45.7 cm³/mol. The molecule has 0 bridgehead atoms. The van der Waals surface area contributed by atoms with Gasteiger partial charge in [-0.1, -0.05) is 11.6 Å². The van der Waals surface area contributed by atoms with Crippen LogP contribution in [-0.2, 0) is 15.0 Å². The van der Waals surface area contributed by atoms with Crippen molar-refractivity contribution in [3.8, 4) is 0 Å². The van der Waals surface area contributed by atoms with Crippen molar-refractivity contribution in [1.82, 2.24) is 0 Å². The molecule has 1 aliphatic heterocycles. The second-order valence-corrected chi connectivity index (χ2v) is 6.18. The lowest BCUT2D eigenvalue weighted by atomic mass is 9.97. The van der Waals surface area contributed by atoms with E-state index in [0.29, 0.717) is 26.1 Å². The minimum atomic E-state index is -4.63. The standard InChI is InChI=1S/C7H10ClFO3S/c8-7(13(9,10)11)5-6(7)1-3-12-4-2-6/h1-5H2. The van der Waals surface area contributed by atoms with Gasteiger partial charge in [-0.25, -0.2) is 0 Å². The van der Waals surface area contributed by atoms with Crippen LogP contribution in [0.15, 0.2) is 0 Å². The van der Waals surface area contributed by atoms with Gasteiger partial charge in [-0.2, -0.15) is 8.42 Å². The smallest absolute Gasteiger partial charge is 0.322 e. The Labute approximate surface area is 81.4 Å². The van der Waals surface area contributed by atoms with Gasteiger partial charge in [0.15, 0.2) is 4.21 Å². The Hall–Kier alpha value is 0.130. The summed E-state index contributed by atoms with van der Waals surface area (Å²) >= 11 is 5.74. The van der Waals surface area contributed by atoms with E-state index in [1.807, 2.05) is 0 Å². The summed E-state index contributed by atoms with van der Waals surface area (Å²) in [6.45, 7) is 0.952. The maximum atomic E-state index is 12.8. The van der Waals surface area contributed by atoms with E-state index in [0.717, 1.165) is 0 Å². The molecule has 2 aliphatic rings. The van der Waals surface area contributed by atoms with Gasteiger partial charge in [-0.3, -0.25) is 0 Å². The van der Waals surface area contributed by atoms with Crippen molar-refractivity contribution in [2.75, 3.05) is 13.2 Å². The molecular weight excluding hydrogens is 219 g/mol. The molecule has 6 heteroatoms. The van der Waals surface area contributed by atoms with Crippen LogP contribution in [0.2, 0.25) is 0 Å². The number of hydrogen-bond acceptors (Lipinski definition) is 3. The fourth-order valence-electron chi connectivity index (χ4n) is 2.05. The average molecular weight is 229 g/mol. The monoisotopic (exact) mass is 228 g/mol. The Morgan fingerprint density at radius 2 is 1.85 bits per heavy atom. The summed E-state index contributed by atoms with van der Waals surface area (Å²) in [4.78, 5) is 0. The molecule has 0 aromatic carbocycles. The predicted octanol–water partition coefficient (Wildman–Crippen LogP) is 1.42. The molecule has 1 spiro atoms. The van der Waals surface area contributed by atoms with Gasteiger partial charge in [0.2, 0.25) is 0 Å². The third kappa shape index (κ3) is 1.21. The second kappa shape index (κ2) is 2.58.